The maximum Gasteiger partial charge on any atom is 0.350 e. The van der Waals surface area contributed by atoms with Gasteiger partial charge in [0, 0.05) is 60.4 Å². The van der Waals surface area contributed by atoms with E-state index in [2.05, 4.69) is 34.8 Å². The molecule has 1 saturated heterocycles. The van der Waals surface area contributed by atoms with Crippen LogP contribution < -0.4 is 15.9 Å². The van der Waals surface area contributed by atoms with Gasteiger partial charge in [0.05, 0.1) is 10.5 Å². The van der Waals surface area contributed by atoms with Gasteiger partial charge in [0.15, 0.2) is 0 Å². The Balaban J connectivity index is 1.69. The summed E-state index contributed by atoms with van der Waals surface area (Å²) in [5.41, 5.74) is 3.31. The van der Waals surface area contributed by atoms with Crippen molar-refractivity contribution in [3.05, 3.63) is 63.8 Å². The second kappa shape index (κ2) is 11.1. The van der Waals surface area contributed by atoms with Crippen molar-refractivity contribution in [3.8, 4) is 11.1 Å². The summed E-state index contributed by atoms with van der Waals surface area (Å²) in [5, 5.41) is 4.54. The number of anilines is 1. The van der Waals surface area contributed by atoms with Gasteiger partial charge in [0.25, 0.3) is 0 Å². The van der Waals surface area contributed by atoms with Gasteiger partial charge >= 0.3 is 5.69 Å². The average molecular weight is 556 g/mol. The van der Waals surface area contributed by atoms with E-state index in [0.29, 0.717) is 38.5 Å². The molecule has 2 aliphatic rings. The molecule has 0 saturated carbocycles. The van der Waals surface area contributed by atoms with E-state index in [4.69, 9.17) is 11.6 Å². The van der Waals surface area contributed by atoms with Crippen LogP contribution in [0.15, 0.2) is 46.6 Å². The standard InChI is InChI=1S/C28H31ClFN5O2S/c1-4-8-31-19-15-35-25-20(27(32-28(35)37)34-11-9-33(10-12-34)23(36)5-2)13-17(3)24(26(25)38-16-19)18-6-7-22(30)21(29)14-18/h5-7,13-14,19,31H,2,4,8-12,15-16H2,1,3H3. The van der Waals surface area contributed by atoms with Gasteiger partial charge in [-0.1, -0.05) is 31.2 Å². The summed E-state index contributed by atoms with van der Waals surface area (Å²) in [6.45, 7) is 11.3. The molecule has 38 heavy (non-hydrogen) atoms. The van der Waals surface area contributed by atoms with Gasteiger partial charge in [-0.2, -0.15) is 4.98 Å². The summed E-state index contributed by atoms with van der Waals surface area (Å²) < 4.78 is 15.8. The molecule has 0 bridgehead atoms. The molecule has 200 valence electrons. The van der Waals surface area contributed by atoms with Crippen LogP contribution in [0.1, 0.15) is 18.9 Å². The minimum atomic E-state index is -0.464. The van der Waals surface area contributed by atoms with Crippen LogP contribution in [0.3, 0.4) is 0 Å². The molecule has 1 unspecified atom stereocenters. The number of benzene rings is 2. The molecule has 10 heteroatoms. The third-order valence-electron chi connectivity index (χ3n) is 7.18. The highest BCUT2D eigenvalue weighted by Gasteiger charge is 2.29. The van der Waals surface area contributed by atoms with E-state index in [9.17, 15) is 14.0 Å². The number of amides is 1. The molecule has 5 rings (SSSR count). The molecule has 0 radical (unpaired) electrons. The van der Waals surface area contributed by atoms with Crippen molar-refractivity contribution in [3.63, 3.8) is 0 Å². The number of aryl methyl sites for hydroxylation is 1. The molecule has 1 fully saturated rings. The van der Waals surface area contributed by atoms with Crippen LogP contribution in [0, 0.1) is 12.7 Å². The Morgan fingerprint density at radius 2 is 2.05 bits per heavy atom. The molecule has 3 aromatic rings. The summed E-state index contributed by atoms with van der Waals surface area (Å²) in [6.07, 6.45) is 2.33. The van der Waals surface area contributed by atoms with E-state index >= 15 is 0 Å². The molecular formula is C28H31ClFN5O2S. The van der Waals surface area contributed by atoms with E-state index in [0.717, 1.165) is 51.2 Å². The van der Waals surface area contributed by atoms with E-state index in [1.165, 1.54) is 12.1 Å². The molecule has 7 nitrogen and oxygen atoms in total. The first-order valence-electron chi connectivity index (χ1n) is 12.9. The highest BCUT2D eigenvalue weighted by molar-refractivity contribution is 7.99. The SMILES string of the molecule is C=CC(=O)N1CCN(c2nc(=O)n3c4c(c(-c5ccc(F)c(Cl)c5)c(C)cc24)SCC(NCCC)C3)CC1. The lowest BCUT2D eigenvalue weighted by Gasteiger charge is -2.35. The Morgan fingerprint density at radius 3 is 2.74 bits per heavy atom. The second-order valence-electron chi connectivity index (χ2n) is 9.73. The zero-order valence-corrected chi connectivity index (χ0v) is 23.2. The highest BCUT2D eigenvalue weighted by Crippen LogP contribution is 2.43. The first-order valence-corrected chi connectivity index (χ1v) is 14.2. The van der Waals surface area contributed by atoms with Gasteiger partial charge in [0.1, 0.15) is 11.6 Å². The number of hydrogen-bond donors (Lipinski definition) is 1. The zero-order chi connectivity index (χ0) is 27.0. The predicted octanol–water partition coefficient (Wildman–Crippen LogP) is 4.47. The molecule has 0 spiro atoms. The topological polar surface area (TPSA) is 70.5 Å². The van der Waals surface area contributed by atoms with Crippen LogP contribution in [0.2, 0.25) is 5.02 Å². The maximum atomic E-state index is 14.0. The molecule has 2 aromatic carbocycles. The zero-order valence-electron chi connectivity index (χ0n) is 21.6. The largest absolute Gasteiger partial charge is 0.352 e. The Hall–Kier alpha value is -2.88. The van der Waals surface area contributed by atoms with Gasteiger partial charge < -0.3 is 15.1 Å². The van der Waals surface area contributed by atoms with Crippen molar-refractivity contribution in [2.24, 2.45) is 0 Å². The number of hydrogen-bond acceptors (Lipinski definition) is 6. The number of carbonyl (C=O) groups is 1. The Morgan fingerprint density at radius 1 is 1.29 bits per heavy atom. The summed E-state index contributed by atoms with van der Waals surface area (Å²) in [7, 11) is 0. The highest BCUT2D eigenvalue weighted by atomic mass is 35.5. The van der Waals surface area contributed by atoms with E-state index in [1.807, 2.05) is 6.92 Å². The molecular weight excluding hydrogens is 525 g/mol. The lowest BCUT2D eigenvalue weighted by Crippen LogP contribution is -2.49. The smallest absolute Gasteiger partial charge is 0.350 e. The van der Waals surface area contributed by atoms with Crippen molar-refractivity contribution in [1.29, 1.82) is 0 Å². The van der Waals surface area contributed by atoms with Crippen molar-refractivity contribution >= 4 is 46.0 Å². The quantitative estimate of drug-likeness (QED) is 0.453. The van der Waals surface area contributed by atoms with Gasteiger partial charge in [-0.05, 0) is 55.3 Å². The van der Waals surface area contributed by atoms with Crippen LogP contribution in [0.5, 0.6) is 0 Å². The number of piperazine rings is 1. The van der Waals surface area contributed by atoms with Crippen LogP contribution >= 0.6 is 23.4 Å². The Kier molecular flexibility index (Phi) is 7.79. The summed E-state index contributed by atoms with van der Waals surface area (Å²) in [6, 6.07) is 6.95. The Bertz CT molecular complexity index is 1470. The normalized spacial score (nSPS) is 17.5. The fraction of sp³-hybridized carbons (Fsp3) is 0.393. The second-order valence-corrected chi connectivity index (χ2v) is 11.2. The summed E-state index contributed by atoms with van der Waals surface area (Å²) in [5.74, 6) is 0.861. The van der Waals surface area contributed by atoms with Gasteiger partial charge in [-0.15, -0.1) is 11.8 Å². The minimum Gasteiger partial charge on any atom is -0.352 e. The maximum absolute atomic E-state index is 14.0. The fourth-order valence-electron chi connectivity index (χ4n) is 5.28. The van der Waals surface area contributed by atoms with Crippen LogP contribution in [-0.2, 0) is 11.3 Å². The number of nitrogens with one attached hydrogen (secondary N) is 1. The molecule has 2 aliphatic heterocycles. The fourth-order valence-corrected chi connectivity index (χ4v) is 6.83. The van der Waals surface area contributed by atoms with E-state index in [-0.39, 0.29) is 22.7 Å². The van der Waals surface area contributed by atoms with Gasteiger partial charge in [-0.25, -0.2) is 9.18 Å². The molecule has 1 amide bonds. The monoisotopic (exact) mass is 555 g/mol. The lowest BCUT2D eigenvalue weighted by molar-refractivity contribution is -0.126. The van der Waals surface area contributed by atoms with Crippen molar-refractivity contribution in [1.82, 2.24) is 19.8 Å². The first kappa shape index (κ1) is 26.7. The molecule has 0 aliphatic carbocycles. The minimum absolute atomic E-state index is 0.0649. The first-order chi connectivity index (χ1) is 18.3. The number of aromatic nitrogens is 2. The van der Waals surface area contributed by atoms with Crippen LogP contribution in [0.25, 0.3) is 22.0 Å². The number of halogens is 2. The average Bonchev–Trinajstić information content (AvgIpc) is 3.11. The molecule has 3 heterocycles. The van der Waals surface area contributed by atoms with Crippen molar-refractivity contribution in [2.75, 3.05) is 43.4 Å². The predicted molar refractivity (Wildman–Crippen MR) is 153 cm³/mol. The number of thioether (sulfide) groups is 1. The lowest BCUT2D eigenvalue weighted by atomic mass is 9.97. The van der Waals surface area contributed by atoms with Crippen molar-refractivity contribution < 1.29 is 9.18 Å². The number of nitrogens with zero attached hydrogens (tertiary/aromatic N) is 4. The van der Waals surface area contributed by atoms with Crippen LogP contribution in [-0.4, -0.2) is 64.9 Å². The third kappa shape index (κ3) is 4.95. The Labute approximate surface area is 230 Å². The summed E-state index contributed by atoms with van der Waals surface area (Å²) in [4.78, 5) is 35.1. The molecule has 1 aromatic heterocycles. The number of carbonyl (C=O) groups excluding carboxylic acids is 1. The van der Waals surface area contributed by atoms with Gasteiger partial charge in [0.2, 0.25) is 5.91 Å². The number of rotatable bonds is 6. The van der Waals surface area contributed by atoms with Gasteiger partial charge in [-0.3, -0.25) is 9.36 Å². The van der Waals surface area contributed by atoms with E-state index < -0.39 is 5.82 Å². The molecule has 1 N–H and O–H groups in total. The summed E-state index contributed by atoms with van der Waals surface area (Å²) >= 11 is 7.89. The third-order valence-corrected chi connectivity index (χ3v) is 8.73. The van der Waals surface area contributed by atoms with E-state index in [1.54, 1.807) is 33.4 Å². The molecule has 1 atom stereocenters. The van der Waals surface area contributed by atoms with Crippen LogP contribution in [0.4, 0.5) is 10.2 Å². The van der Waals surface area contributed by atoms with Crippen molar-refractivity contribution in [2.45, 2.75) is 37.8 Å².